The zero-order valence-corrected chi connectivity index (χ0v) is 20.1. The molecule has 5 aromatic rings. The molecule has 2 N–H and O–H groups in total. The number of aromatic nitrogens is 2. The van der Waals surface area contributed by atoms with Gasteiger partial charge in [-0.25, -0.2) is 4.79 Å². The molecule has 0 unspecified atom stereocenters. The molecule has 7 nitrogen and oxygen atoms in total. The van der Waals surface area contributed by atoms with E-state index < -0.39 is 5.97 Å². The predicted octanol–water partition coefficient (Wildman–Crippen LogP) is 6.18. The van der Waals surface area contributed by atoms with Crippen LogP contribution in [0, 0.1) is 6.92 Å². The van der Waals surface area contributed by atoms with Crippen molar-refractivity contribution in [1.29, 1.82) is 0 Å². The summed E-state index contributed by atoms with van der Waals surface area (Å²) in [6, 6.07) is 15.2. The van der Waals surface area contributed by atoms with Crippen molar-refractivity contribution in [1.82, 2.24) is 9.78 Å². The van der Waals surface area contributed by atoms with Crippen molar-refractivity contribution in [3.63, 3.8) is 0 Å². The number of fused-ring (bicyclic) bond motifs is 2. The number of para-hydroxylation sites is 1. The molecule has 0 aliphatic carbocycles. The number of aromatic carboxylic acids is 1. The summed E-state index contributed by atoms with van der Waals surface area (Å²) in [5, 5.41) is 18.9. The lowest BCUT2D eigenvalue weighted by Gasteiger charge is -2.19. The second-order valence-corrected chi connectivity index (χ2v) is 9.03. The highest BCUT2D eigenvalue weighted by Crippen LogP contribution is 2.34. The quantitative estimate of drug-likeness (QED) is 0.307. The zero-order valence-electron chi connectivity index (χ0n) is 19.3. The lowest BCUT2D eigenvalue weighted by molar-refractivity contribution is 0.0698. The molecule has 2 aromatic heterocycles. The zero-order chi connectivity index (χ0) is 24.9. The third kappa shape index (κ3) is 4.15. The smallest absolute Gasteiger partial charge is 0.337 e. The van der Waals surface area contributed by atoms with Crippen molar-refractivity contribution >= 4 is 45.1 Å². The fourth-order valence-corrected chi connectivity index (χ4v) is 4.62. The largest absolute Gasteiger partial charge is 0.478 e. The van der Waals surface area contributed by atoms with Gasteiger partial charge in [-0.15, -0.1) is 0 Å². The summed E-state index contributed by atoms with van der Waals surface area (Å²) in [7, 11) is 1.82. The maximum atomic E-state index is 13.1. The first-order valence-corrected chi connectivity index (χ1v) is 11.4. The SMILES string of the molecule is Cc1cc([C@@H](C)Nc2ccccc2C(=O)O)c2oc(-c3cc(Cl)c4nn(C)cc4c3)cc(=O)c2c1. The van der Waals surface area contributed by atoms with E-state index in [-0.39, 0.29) is 17.0 Å². The predicted molar refractivity (Wildman–Crippen MR) is 137 cm³/mol. The first-order valence-electron chi connectivity index (χ1n) is 11.0. The number of benzene rings is 3. The molecule has 3 aromatic carbocycles. The van der Waals surface area contributed by atoms with Crippen molar-refractivity contribution in [2.24, 2.45) is 7.05 Å². The highest BCUT2D eigenvalue weighted by atomic mass is 35.5. The highest BCUT2D eigenvalue weighted by Gasteiger charge is 2.19. The van der Waals surface area contributed by atoms with Gasteiger partial charge in [0, 0.05) is 41.5 Å². The molecular weight excluding hydrogens is 466 g/mol. The van der Waals surface area contributed by atoms with Crippen molar-refractivity contribution < 1.29 is 14.3 Å². The summed E-state index contributed by atoms with van der Waals surface area (Å²) in [6.45, 7) is 3.81. The minimum Gasteiger partial charge on any atom is -0.478 e. The molecule has 35 heavy (non-hydrogen) atoms. The standard InChI is InChI=1S/C27H22ClN3O4/c1-14-8-19(15(2)29-22-7-5-4-6-18(22)27(33)34)26-20(9-14)23(32)12-24(35-26)16-10-17-13-31(3)30-25(17)21(28)11-16/h4-13,15,29H,1-3H3,(H,33,34)/t15-/m1/s1. The van der Waals surface area contributed by atoms with E-state index in [4.69, 9.17) is 16.0 Å². The monoisotopic (exact) mass is 487 g/mol. The van der Waals surface area contributed by atoms with Crippen molar-refractivity contribution in [2.75, 3.05) is 5.32 Å². The maximum Gasteiger partial charge on any atom is 0.337 e. The molecule has 2 heterocycles. The van der Waals surface area contributed by atoms with Crippen LogP contribution >= 0.6 is 11.6 Å². The number of aryl methyl sites for hydroxylation is 2. The lowest BCUT2D eigenvalue weighted by atomic mass is 10.00. The van der Waals surface area contributed by atoms with Crippen LogP contribution in [0.5, 0.6) is 0 Å². The number of nitrogens with one attached hydrogen (secondary N) is 1. The van der Waals surface area contributed by atoms with Crippen LogP contribution in [0.15, 0.2) is 70.0 Å². The third-order valence-corrected chi connectivity index (χ3v) is 6.25. The Balaban J connectivity index is 1.66. The Labute approximate surface area is 205 Å². The Bertz CT molecular complexity index is 1690. The maximum absolute atomic E-state index is 13.1. The first kappa shape index (κ1) is 22.7. The summed E-state index contributed by atoms with van der Waals surface area (Å²) in [4.78, 5) is 24.8. The van der Waals surface area contributed by atoms with Crippen LogP contribution in [-0.4, -0.2) is 20.9 Å². The molecule has 0 radical (unpaired) electrons. The van der Waals surface area contributed by atoms with E-state index in [1.165, 1.54) is 6.07 Å². The number of carboxylic acids is 1. The molecule has 0 bridgehead atoms. The Hall–Kier alpha value is -4.10. The number of rotatable bonds is 5. The topological polar surface area (TPSA) is 97.4 Å². The van der Waals surface area contributed by atoms with Crippen molar-refractivity contribution in [2.45, 2.75) is 19.9 Å². The summed E-state index contributed by atoms with van der Waals surface area (Å²) in [5.41, 5.74) is 3.89. The van der Waals surface area contributed by atoms with Gasteiger partial charge in [0.25, 0.3) is 0 Å². The summed E-state index contributed by atoms with van der Waals surface area (Å²) < 4.78 is 8.00. The fraction of sp³-hybridized carbons (Fsp3) is 0.148. The number of hydrogen-bond donors (Lipinski definition) is 2. The number of anilines is 1. The van der Waals surface area contributed by atoms with Crippen LogP contribution in [0.2, 0.25) is 5.02 Å². The van der Waals surface area contributed by atoms with Crippen LogP contribution in [0.3, 0.4) is 0 Å². The molecule has 0 aliphatic rings. The average molecular weight is 488 g/mol. The fourth-order valence-electron chi connectivity index (χ4n) is 4.36. The van der Waals surface area contributed by atoms with Gasteiger partial charge in [-0.05, 0) is 49.7 Å². The van der Waals surface area contributed by atoms with Crippen LogP contribution in [0.4, 0.5) is 5.69 Å². The molecule has 0 amide bonds. The molecule has 0 fully saturated rings. The van der Waals surface area contributed by atoms with E-state index in [0.717, 1.165) is 16.5 Å². The third-order valence-electron chi connectivity index (χ3n) is 5.96. The Kier molecular flexibility index (Phi) is 5.57. The molecule has 1 atom stereocenters. The number of carboxylic acid groups (broad SMARTS) is 1. The second-order valence-electron chi connectivity index (χ2n) is 8.62. The molecule has 176 valence electrons. The van der Waals surface area contributed by atoms with Gasteiger partial charge in [-0.1, -0.05) is 29.8 Å². The van der Waals surface area contributed by atoms with Crippen LogP contribution in [0.25, 0.3) is 33.2 Å². The summed E-state index contributed by atoms with van der Waals surface area (Å²) >= 11 is 6.46. The Morgan fingerprint density at radius 1 is 1.17 bits per heavy atom. The van der Waals surface area contributed by atoms with E-state index in [9.17, 15) is 14.7 Å². The van der Waals surface area contributed by atoms with Gasteiger partial charge in [0.2, 0.25) is 0 Å². The van der Waals surface area contributed by atoms with E-state index >= 15 is 0 Å². The van der Waals surface area contributed by atoms with Crippen LogP contribution < -0.4 is 10.7 Å². The summed E-state index contributed by atoms with van der Waals surface area (Å²) in [5.74, 6) is -0.635. The van der Waals surface area contributed by atoms with Gasteiger partial charge in [0.15, 0.2) is 5.43 Å². The Morgan fingerprint density at radius 2 is 1.94 bits per heavy atom. The molecule has 8 heteroatoms. The van der Waals surface area contributed by atoms with Crippen LogP contribution in [-0.2, 0) is 7.05 Å². The van der Waals surface area contributed by atoms with Gasteiger partial charge in [-0.3, -0.25) is 9.48 Å². The van der Waals surface area contributed by atoms with E-state index in [1.54, 1.807) is 41.1 Å². The van der Waals surface area contributed by atoms with E-state index in [2.05, 4.69) is 10.4 Å². The number of hydrogen-bond acceptors (Lipinski definition) is 5. The minimum atomic E-state index is -1.02. The number of halogens is 1. The van der Waals surface area contributed by atoms with E-state index in [0.29, 0.717) is 38.5 Å². The molecule has 5 rings (SSSR count). The minimum absolute atomic E-state index is 0.165. The van der Waals surface area contributed by atoms with Gasteiger partial charge < -0.3 is 14.8 Å². The molecule has 0 saturated heterocycles. The van der Waals surface area contributed by atoms with Gasteiger partial charge in [-0.2, -0.15) is 5.10 Å². The van der Waals surface area contributed by atoms with E-state index in [1.807, 2.05) is 39.2 Å². The summed E-state index contributed by atoms with van der Waals surface area (Å²) in [6.07, 6.45) is 1.85. The van der Waals surface area contributed by atoms with Crippen molar-refractivity contribution in [3.8, 4) is 11.3 Å². The molecule has 0 saturated carbocycles. The van der Waals surface area contributed by atoms with Gasteiger partial charge in [0.1, 0.15) is 16.9 Å². The van der Waals surface area contributed by atoms with Gasteiger partial charge >= 0.3 is 5.97 Å². The highest BCUT2D eigenvalue weighted by molar-refractivity contribution is 6.35. The molecule has 0 aliphatic heterocycles. The number of carbonyl (C=O) groups is 1. The Morgan fingerprint density at radius 3 is 2.71 bits per heavy atom. The number of nitrogens with zero attached hydrogens (tertiary/aromatic N) is 2. The van der Waals surface area contributed by atoms with Crippen molar-refractivity contribution in [3.05, 3.63) is 92.7 Å². The van der Waals surface area contributed by atoms with Crippen LogP contribution in [0.1, 0.15) is 34.5 Å². The molecule has 0 spiro atoms. The van der Waals surface area contributed by atoms with Gasteiger partial charge in [0.05, 0.1) is 22.0 Å². The average Bonchev–Trinajstić information content (AvgIpc) is 3.20. The second kappa shape index (κ2) is 8.60. The lowest BCUT2D eigenvalue weighted by Crippen LogP contribution is -2.12. The first-order chi connectivity index (χ1) is 16.7. The normalized spacial score (nSPS) is 12.2. The molecular formula is C27H22ClN3O4.